The number of carbonyl (C=O) groups excluding carboxylic acids is 3. The number of benzene rings is 1. The molecule has 0 bridgehead atoms. The van der Waals surface area contributed by atoms with Crippen LogP contribution in [0.1, 0.15) is 16.8 Å². The highest BCUT2D eigenvalue weighted by molar-refractivity contribution is 6.39. The summed E-state index contributed by atoms with van der Waals surface area (Å²) in [5.41, 5.74) is 0.778. The highest BCUT2D eigenvalue weighted by Gasteiger charge is 2.13. The Morgan fingerprint density at radius 2 is 1.92 bits per heavy atom. The summed E-state index contributed by atoms with van der Waals surface area (Å²) in [6, 6.07) is 6.06. The number of nitrogens with zero attached hydrogens (tertiary/aromatic N) is 2. The molecule has 0 spiro atoms. The van der Waals surface area contributed by atoms with Crippen molar-refractivity contribution in [3.8, 4) is 0 Å². The molecule has 0 atom stereocenters. The zero-order chi connectivity index (χ0) is 17.4. The number of carbonyl (C=O) groups is 3. The molecule has 0 radical (unpaired) electrons. The van der Waals surface area contributed by atoms with E-state index in [0.29, 0.717) is 30.8 Å². The van der Waals surface area contributed by atoms with Crippen molar-refractivity contribution in [2.45, 2.75) is 13.0 Å². The van der Waals surface area contributed by atoms with Crippen LogP contribution in [0.4, 0.5) is 5.69 Å². The van der Waals surface area contributed by atoms with Gasteiger partial charge in [0.2, 0.25) is 0 Å². The van der Waals surface area contributed by atoms with Gasteiger partial charge in [-0.3, -0.25) is 9.59 Å². The third-order valence-electron chi connectivity index (χ3n) is 3.21. The molecule has 1 aromatic heterocycles. The van der Waals surface area contributed by atoms with Crippen molar-refractivity contribution in [1.82, 2.24) is 14.9 Å². The number of nitrogens with one attached hydrogen (secondary N) is 2. The maximum atomic E-state index is 11.8. The van der Waals surface area contributed by atoms with Gasteiger partial charge in [-0.25, -0.2) is 9.78 Å². The lowest BCUT2D eigenvalue weighted by Gasteiger charge is -2.07. The van der Waals surface area contributed by atoms with Crippen molar-refractivity contribution < 1.29 is 19.1 Å². The van der Waals surface area contributed by atoms with Crippen LogP contribution < -0.4 is 10.6 Å². The first-order chi connectivity index (χ1) is 11.6. The molecule has 2 amide bonds. The van der Waals surface area contributed by atoms with Crippen LogP contribution in [0.2, 0.25) is 0 Å². The molecule has 0 aliphatic heterocycles. The molecular formula is C16H18N4O4. The molecule has 126 valence electrons. The second kappa shape index (κ2) is 8.47. The zero-order valence-corrected chi connectivity index (χ0v) is 13.2. The van der Waals surface area contributed by atoms with Crippen LogP contribution >= 0.6 is 0 Å². The molecule has 1 heterocycles. The van der Waals surface area contributed by atoms with E-state index in [1.54, 1.807) is 12.5 Å². The van der Waals surface area contributed by atoms with E-state index < -0.39 is 17.8 Å². The van der Waals surface area contributed by atoms with E-state index in [2.05, 4.69) is 20.4 Å². The van der Waals surface area contributed by atoms with E-state index in [-0.39, 0.29) is 0 Å². The molecule has 0 fully saturated rings. The highest BCUT2D eigenvalue weighted by atomic mass is 16.5. The quantitative estimate of drug-likeness (QED) is 0.464. The summed E-state index contributed by atoms with van der Waals surface area (Å²) in [6.07, 6.45) is 5.87. The fourth-order valence-corrected chi connectivity index (χ4v) is 1.96. The van der Waals surface area contributed by atoms with Gasteiger partial charge < -0.3 is 19.9 Å². The second-order valence-corrected chi connectivity index (χ2v) is 4.93. The Labute approximate surface area is 138 Å². The van der Waals surface area contributed by atoms with Gasteiger partial charge >= 0.3 is 17.8 Å². The molecule has 8 heteroatoms. The van der Waals surface area contributed by atoms with Crippen molar-refractivity contribution >= 4 is 23.5 Å². The molecule has 0 saturated carbocycles. The Hall–Kier alpha value is -3.16. The van der Waals surface area contributed by atoms with Gasteiger partial charge in [-0.2, -0.15) is 0 Å². The molecule has 0 aliphatic carbocycles. The average molecular weight is 330 g/mol. The molecule has 2 N–H and O–H groups in total. The fourth-order valence-electron chi connectivity index (χ4n) is 1.96. The Balaban J connectivity index is 1.74. The van der Waals surface area contributed by atoms with Crippen LogP contribution in [0.3, 0.4) is 0 Å². The fraction of sp³-hybridized carbons (Fsp3) is 0.250. The summed E-state index contributed by atoms with van der Waals surface area (Å²) in [7, 11) is 1.29. The maximum Gasteiger partial charge on any atom is 0.337 e. The molecule has 24 heavy (non-hydrogen) atoms. The van der Waals surface area contributed by atoms with Gasteiger partial charge in [0.1, 0.15) is 0 Å². The molecule has 2 aromatic rings. The zero-order valence-electron chi connectivity index (χ0n) is 13.2. The van der Waals surface area contributed by atoms with Crippen LogP contribution in [0.25, 0.3) is 0 Å². The van der Waals surface area contributed by atoms with Crippen LogP contribution in [0.15, 0.2) is 43.0 Å². The number of aromatic nitrogens is 2. The van der Waals surface area contributed by atoms with Gasteiger partial charge in [0.15, 0.2) is 0 Å². The van der Waals surface area contributed by atoms with Crippen molar-refractivity contribution in [3.63, 3.8) is 0 Å². The van der Waals surface area contributed by atoms with Gasteiger partial charge in [-0.15, -0.1) is 0 Å². The molecule has 8 nitrogen and oxygen atoms in total. The summed E-state index contributed by atoms with van der Waals surface area (Å²) < 4.78 is 6.47. The molecule has 0 aliphatic rings. The number of anilines is 1. The molecule has 2 rings (SSSR count). The van der Waals surface area contributed by atoms with E-state index >= 15 is 0 Å². The van der Waals surface area contributed by atoms with Gasteiger partial charge in [0.05, 0.1) is 19.0 Å². The summed E-state index contributed by atoms with van der Waals surface area (Å²) in [5.74, 6) is -1.94. The number of imidazole rings is 1. The predicted octanol–water partition coefficient (Wildman–Crippen LogP) is 0.815. The summed E-state index contributed by atoms with van der Waals surface area (Å²) in [4.78, 5) is 38.7. The number of methoxy groups -OCH3 is 1. The normalized spacial score (nSPS) is 10.0. The van der Waals surface area contributed by atoms with Crippen LogP contribution in [0.5, 0.6) is 0 Å². The lowest BCUT2D eigenvalue weighted by atomic mass is 10.2. The largest absolute Gasteiger partial charge is 0.465 e. The number of rotatable bonds is 6. The summed E-state index contributed by atoms with van der Waals surface area (Å²) in [6.45, 7) is 1.09. The van der Waals surface area contributed by atoms with Crippen molar-refractivity contribution in [2.75, 3.05) is 19.0 Å². The number of hydrogen-bond donors (Lipinski definition) is 2. The third-order valence-corrected chi connectivity index (χ3v) is 3.21. The summed E-state index contributed by atoms with van der Waals surface area (Å²) >= 11 is 0. The number of amides is 2. The first-order valence-corrected chi connectivity index (χ1v) is 7.33. The van der Waals surface area contributed by atoms with E-state index in [4.69, 9.17) is 0 Å². The SMILES string of the molecule is COC(=O)c1ccc(NC(=O)C(=O)NCCCn2ccnc2)cc1. The minimum atomic E-state index is -0.761. The monoisotopic (exact) mass is 330 g/mol. The Morgan fingerprint density at radius 3 is 2.54 bits per heavy atom. The highest BCUT2D eigenvalue weighted by Crippen LogP contribution is 2.10. The minimum absolute atomic E-state index is 0.361. The third kappa shape index (κ3) is 4.94. The number of esters is 1. The molecule has 0 saturated heterocycles. The van der Waals surface area contributed by atoms with Crippen molar-refractivity contribution in [1.29, 1.82) is 0 Å². The number of ether oxygens (including phenoxy) is 1. The second-order valence-electron chi connectivity index (χ2n) is 4.93. The Kier molecular flexibility index (Phi) is 6.07. The standard InChI is InChI=1S/C16H18N4O4/c1-24-16(23)12-3-5-13(6-4-12)19-15(22)14(21)18-7-2-9-20-10-8-17-11-20/h3-6,8,10-11H,2,7,9H2,1H3,(H,18,21)(H,19,22). The van der Waals surface area contributed by atoms with Crippen molar-refractivity contribution in [2.24, 2.45) is 0 Å². The number of hydrogen-bond acceptors (Lipinski definition) is 5. The van der Waals surface area contributed by atoms with Crippen LogP contribution in [0, 0.1) is 0 Å². The van der Waals surface area contributed by atoms with E-state index in [9.17, 15) is 14.4 Å². The van der Waals surface area contributed by atoms with E-state index in [1.165, 1.54) is 31.4 Å². The molecular weight excluding hydrogens is 312 g/mol. The lowest BCUT2D eigenvalue weighted by Crippen LogP contribution is -2.36. The first kappa shape index (κ1) is 17.2. The average Bonchev–Trinajstić information content (AvgIpc) is 3.12. The Bertz CT molecular complexity index is 695. The van der Waals surface area contributed by atoms with Gasteiger partial charge in [-0.05, 0) is 30.7 Å². The topological polar surface area (TPSA) is 102 Å². The smallest absolute Gasteiger partial charge is 0.337 e. The van der Waals surface area contributed by atoms with Crippen LogP contribution in [-0.4, -0.2) is 41.0 Å². The van der Waals surface area contributed by atoms with Crippen molar-refractivity contribution in [3.05, 3.63) is 48.5 Å². The predicted molar refractivity (Wildman–Crippen MR) is 86.3 cm³/mol. The minimum Gasteiger partial charge on any atom is -0.465 e. The molecule has 1 aromatic carbocycles. The maximum absolute atomic E-state index is 11.8. The lowest BCUT2D eigenvalue weighted by molar-refractivity contribution is -0.136. The van der Waals surface area contributed by atoms with E-state index in [0.717, 1.165) is 0 Å². The summed E-state index contributed by atoms with van der Waals surface area (Å²) in [5, 5.41) is 5.01. The first-order valence-electron chi connectivity index (χ1n) is 7.33. The van der Waals surface area contributed by atoms with Gasteiger partial charge in [-0.1, -0.05) is 0 Å². The number of aryl methyl sites for hydroxylation is 1. The van der Waals surface area contributed by atoms with Gasteiger partial charge in [0.25, 0.3) is 0 Å². The van der Waals surface area contributed by atoms with Crippen LogP contribution in [-0.2, 0) is 20.9 Å². The molecule has 0 unspecified atom stereocenters. The van der Waals surface area contributed by atoms with Gasteiger partial charge in [0, 0.05) is 31.2 Å². The van der Waals surface area contributed by atoms with E-state index in [1.807, 2.05) is 10.8 Å². The Morgan fingerprint density at radius 1 is 1.17 bits per heavy atom.